The van der Waals surface area contributed by atoms with E-state index in [1.165, 1.54) is 0 Å². The number of hydrogen-bond donors (Lipinski definition) is 4. The van der Waals surface area contributed by atoms with Crippen LogP contribution in [-0.4, -0.2) is 71.2 Å². The summed E-state index contributed by atoms with van der Waals surface area (Å²) in [6.45, 7) is 17.3. The zero-order valence-corrected chi connectivity index (χ0v) is 23.4. The summed E-state index contributed by atoms with van der Waals surface area (Å²) < 4.78 is 17.3. The minimum absolute atomic E-state index is 0.175. The molecule has 2 saturated heterocycles. The maximum Gasteiger partial charge on any atom is 0.457 e. The van der Waals surface area contributed by atoms with Crippen molar-refractivity contribution in [3.05, 3.63) is 0 Å². The summed E-state index contributed by atoms with van der Waals surface area (Å²) in [5, 5.41) is 18.7. The van der Waals surface area contributed by atoms with Gasteiger partial charge in [0, 0.05) is 12.6 Å². The molecule has 0 radical (unpaired) electrons. The summed E-state index contributed by atoms with van der Waals surface area (Å²) in [7, 11) is -0.301. The highest BCUT2D eigenvalue weighted by atomic mass is 16.7. The molecule has 0 aromatic carbocycles. The topological polar surface area (TPSA) is 135 Å². The van der Waals surface area contributed by atoms with Gasteiger partial charge >= 0.3 is 19.2 Å². The molecule has 0 unspecified atom stereocenters. The first-order valence-electron chi connectivity index (χ1n) is 13.0. The van der Waals surface area contributed by atoms with E-state index in [1.807, 2.05) is 41.5 Å². The number of nitrogens with one attached hydrogen (secondary N) is 3. The van der Waals surface area contributed by atoms with Gasteiger partial charge in [-0.3, -0.25) is 14.9 Å². The van der Waals surface area contributed by atoms with E-state index in [-0.39, 0.29) is 42.6 Å². The van der Waals surface area contributed by atoms with Crippen LogP contribution in [0.2, 0.25) is 6.32 Å². The fourth-order valence-corrected chi connectivity index (χ4v) is 4.53. The summed E-state index contributed by atoms with van der Waals surface area (Å²) in [4.78, 5) is 37.3. The highest BCUT2D eigenvalue weighted by Gasteiger charge is 2.51. The molecule has 0 aromatic rings. The molecule has 2 aliphatic rings. The third-order valence-corrected chi connectivity index (χ3v) is 7.25. The van der Waals surface area contributed by atoms with Gasteiger partial charge < -0.3 is 29.8 Å². The Morgan fingerprint density at radius 1 is 1.11 bits per heavy atom. The van der Waals surface area contributed by atoms with Crippen LogP contribution in [0.15, 0.2) is 0 Å². The molecule has 10 nitrogen and oxygen atoms in total. The smallest absolute Gasteiger partial charge is 0.457 e. The van der Waals surface area contributed by atoms with Crippen molar-refractivity contribution >= 4 is 25.1 Å². The Hall–Kier alpha value is -1.85. The van der Waals surface area contributed by atoms with Crippen LogP contribution in [0.1, 0.15) is 88.0 Å². The molecule has 36 heavy (non-hydrogen) atoms. The van der Waals surface area contributed by atoms with Gasteiger partial charge in [-0.15, -0.1) is 0 Å². The summed E-state index contributed by atoms with van der Waals surface area (Å²) in [5.41, 5.74) is -2.56. The zero-order valence-electron chi connectivity index (χ0n) is 23.4. The maximum atomic E-state index is 13.0. The Morgan fingerprint density at radius 2 is 1.69 bits per heavy atom. The van der Waals surface area contributed by atoms with Gasteiger partial charge in [-0.25, -0.2) is 4.79 Å². The largest absolute Gasteiger partial charge is 0.480 e. The standard InChI is InChI=1S/C25H46BN3O7/c1-16(2)18(29-21(33)34-22(3,4)5)19(30)28-17-14-25(20(31)32,27-15-17)12-10-11-13-26-35-23(6,7)24(8,9)36-26/h16-18,27H,10-15H2,1-9H3,(H,28,30)(H,29,33)(H,31,32)/t17-,18+,25-/m1/s1. The molecule has 4 N–H and O–H groups in total. The predicted octanol–water partition coefficient (Wildman–Crippen LogP) is 3.10. The van der Waals surface area contributed by atoms with Gasteiger partial charge in [-0.05, 0) is 73.5 Å². The number of ether oxygens (including phenoxy) is 1. The molecule has 206 valence electrons. The summed E-state index contributed by atoms with van der Waals surface area (Å²) in [6, 6.07) is -1.15. The van der Waals surface area contributed by atoms with Crippen molar-refractivity contribution in [3.8, 4) is 0 Å². The third-order valence-electron chi connectivity index (χ3n) is 7.25. The molecule has 2 rings (SSSR count). The van der Waals surface area contributed by atoms with Gasteiger partial charge in [0.2, 0.25) is 5.91 Å². The van der Waals surface area contributed by atoms with Crippen molar-refractivity contribution in [3.63, 3.8) is 0 Å². The summed E-state index contributed by atoms with van der Waals surface area (Å²) in [5.74, 6) is -1.46. The van der Waals surface area contributed by atoms with Gasteiger partial charge in [0.15, 0.2) is 0 Å². The number of amides is 2. The normalized spacial score (nSPS) is 26.1. The molecule has 0 saturated carbocycles. The Bertz CT molecular complexity index is 796. The molecular weight excluding hydrogens is 465 g/mol. The second-order valence-electron chi connectivity index (χ2n) is 12.5. The van der Waals surface area contributed by atoms with E-state index in [9.17, 15) is 19.5 Å². The van der Waals surface area contributed by atoms with Crippen LogP contribution in [0.5, 0.6) is 0 Å². The van der Waals surface area contributed by atoms with E-state index in [1.54, 1.807) is 20.8 Å². The molecular formula is C25H46BN3O7. The molecule has 0 bridgehead atoms. The molecule has 2 aliphatic heterocycles. The van der Waals surface area contributed by atoms with Crippen LogP contribution in [-0.2, 0) is 23.6 Å². The van der Waals surface area contributed by atoms with E-state index in [2.05, 4.69) is 16.0 Å². The van der Waals surface area contributed by atoms with Crippen LogP contribution >= 0.6 is 0 Å². The van der Waals surface area contributed by atoms with Crippen LogP contribution in [0.3, 0.4) is 0 Å². The minimum Gasteiger partial charge on any atom is -0.480 e. The van der Waals surface area contributed by atoms with E-state index in [0.717, 1.165) is 6.42 Å². The van der Waals surface area contributed by atoms with Crippen molar-refractivity contribution in [1.29, 1.82) is 0 Å². The zero-order chi connectivity index (χ0) is 27.5. The van der Waals surface area contributed by atoms with Crippen molar-refractivity contribution in [1.82, 2.24) is 16.0 Å². The predicted molar refractivity (Wildman–Crippen MR) is 138 cm³/mol. The highest BCUT2D eigenvalue weighted by molar-refractivity contribution is 6.45. The van der Waals surface area contributed by atoms with Crippen LogP contribution < -0.4 is 16.0 Å². The Morgan fingerprint density at radius 3 is 2.19 bits per heavy atom. The number of carboxylic acids is 1. The lowest BCUT2D eigenvalue weighted by atomic mass is 9.80. The lowest BCUT2D eigenvalue weighted by Crippen LogP contribution is -2.53. The quantitative estimate of drug-likeness (QED) is 0.260. The molecule has 2 heterocycles. The third kappa shape index (κ3) is 7.83. The molecule has 0 spiro atoms. The van der Waals surface area contributed by atoms with Crippen molar-refractivity contribution < 1.29 is 33.5 Å². The molecule has 2 fully saturated rings. The number of carbonyl (C=O) groups is 3. The number of carboxylic acid groups (broad SMARTS) is 1. The SMILES string of the molecule is CC(C)[C@H](NC(=O)OC(C)(C)C)C(=O)N[C@H]1CN[C@@](CCCCB2OC(C)(C)C(C)(C)O2)(C(=O)O)C1. The van der Waals surface area contributed by atoms with E-state index < -0.39 is 29.2 Å². The highest BCUT2D eigenvalue weighted by Crippen LogP contribution is 2.38. The van der Waals surface area contributed by atoms with E-state index in [4.69, 9.17) is 14.0 Å². The van der Waals surface area contributed by atoms with Crippen LogP contribution in [0.25, 0.3) is 0 Å². The van der Waals surface area contributed by atoms with Crippen LogP contribution in [0.4, 0.5) is 4.79 Å². The first-order valence-corrected chi connectivity index (χ1v) is 13.0. The monoisotopic (exact) mass is 511 g/mol. The first kappa shape index (κ1) is 30.4. The number of unbranched alkanes of at least 4 members (excludes halogenated alkanes) is 1. The Kier molecular flexibility index (Phi) is 9.51. The second-order valence-corrected chi connectivity index (χ2v) is 12.5. The van der Waals surface area contributed by atoms with E-state index >= 15 is 0 Å². The Labute approximate surface area is 216 Å². The average molecular weight is 511 g/mol. The number of rotatable bonds is 10. The average Bonchev–Trinajstić information content (AvgIpc) is 3.19. The van der Waals surface area contributed by atoms with Crippen LogP contribution in [0, 0.1) is 5.92 Å². The van der Waals surface area contributed by atoms with Gasteiger partial charge in [0.1, 0.15) is 17.2 Å². The number of aliphatic carboxylic acids is 1. The minimum atomic E-state index is -1.11. The second kappa shape index (κ2) is 11.3. The summed E-state index contributed by atoms with van der Waals surface area (Å²) in [6.07, 6.45) is 2.16. The maximum absolute atomic E-state index is 13.0. The van der Waals surface area contributed by atoms with Crippen molar-refractivity contribution in [2.45, 2.75) is 129 Å². The molecule has 11 heteroatoms. The molecule has 2 amide bonds. The van der Waals surface area contributed by atoms with Gasteiger partial charge in [-0.2, -0.15) is 0 Å². The van der Waals surface area contributed by atoms with Gasteiger partial charge in [0.05, 0.1) is 11.2 Å². The fraction of sp³-hybridized carbons (Fsp3) is 0.880. The van der Waals surface area contributed by atoms with Crippen molar-refractivity contribution in [2.75, 3.05) is 6.54 Å². The molecule has 3 atom stereocenters. The number of alkyl carbamates (subject to hydrolysis) is 1. The van der Waals surface area contributed by atoms with Gasteiger partial charge in [-0.1, -0.05) is 26.7 Å². The van der Waals surface area contributed by atoms with Crippen molar-refractivity contribution in [2.24, 2.45) is 5.92 Å². The summed E-state index contributed by atoms with van der Waals surface area (Å²) >= 11 is 0. The van der Waals surface area contributed by atoms with E-state index in [0.29, 0.717) is 25.7 Å². The fourth-order valence-electron chi connectivity index (χ4n) is 4.53. The van der Waals surface area contributed by atoms with Gasteiger partial charge in [0.25, 0.3) is 0 Å². The molecule has 0 aliphatic carbocycles. The first-order chi connectivity index (χ1) is 16.4. The lowest BCUT2D eigenvalue weighted by Gasteiger charge is -2.32. The number of hydrogen-bond acceptors (Lipinski definition) is 7. The number of carbonyl (C=O) groups excluding carboxylic acids is 2. The lowest BCUT2D eigenvalue weighted by molar-refractivity contribution is -0.144. The molecule has 0 aromatic heterocycles. The Balaban J connectivity index is 1.88.